The summed E-state index contributed by atoms with van der Waals surface area (Å²) in [6.45, 7) is 1.78. The van der Waals surface area contributed by atoms with Gasteiger partial charge >= 0.3 is 6.18 Å². The van der Waals surface area contributed by atoms with Crippen LogP contribution >= 0.6 is 0 Å². The van der Waals surface area contributed by atoms with Crippen LogP contribution in [0, 0.1) is 23.7 Å². The van der Waals surface area contributed by atoms with Crippen LogP contribution in [0.3, 0.4) is 0 Å². The third kappa shape index (κ3) is 5.81. The van der Waals surface area contributed by atoms with Crippen molar-refractivity contribution in [2.75, 3.05) is 13.1 Å². The Morgan fingerprint density at radius 1 is 1.15 bits per heavy atom. The first kappa shape index (κ1) is 31.4. The van der Waals surface area contributed by atoms with E-state index in [2.05, 4.69) is 35.7 Å². The first-order chi connectivity index (χ1) is 22.2. The highest BCUT2D eigenvalue weighted by Crippen LogP contribution is 2.54. The number of rotatable bonds is 8. The average Bonchev–Trinajstić information content (AvgIpc) is 3.23. The van der Waals surface area contributed by atoms with Crippen molar-refractivity contribution in [2.45, 2.75) is 88.9 Å². The number of hydrogen-bond acceptors (Lipinski definition) is 8. The third-order valence-corrected chi connectivity index (χ3v) is 10.4. The van der Waals surface area contributed by atoms with Crippen LogP contribution in [0.15, 0.2) is 23.1 Å². The molecule has 4 aliphatic rings. The molecule has 17 heteroatoms. The first-order valence-electron chi connectivity index (χ1n) is 15.7. The Balaban J connectivity index is 1.18. The van der Waals surface area contributed by atoms with Gasteiger partial charge in [0.2, 0.25) is 17.7 Å². The van der Waals surface area contributed by atoms with E-state index in [1.165, 1.54) is 22.5 Å². The number of nitrogens with one attached hydrogen (secondary N) is 2. The van der Waals surface area contributed by atoms with Gasteiger partial charge in [0.1, 0.15) is 11.7 Å². The second kappa shape index (κ2) is 10.9. The lowest BCUT2D eigenvalue weighted by Gasteiger charge is -2.33. The van der Waals surface area contributed by atoms with Gasteiger partial charge in [-0.25, -0.2) is 22.9 Å². The minimum Gasteiger partial charge on any atom is -0.344 e. The minimum atomic E-state index is -4.66. The van der Waals surface area contributed by atoms with Gasteiger partial charge in [0.05, 0.1) is 35.0 Å². The van der Waals surface area contributed by atoms with Gasteiger partial charge in [-0.15, -0.1) is 0 Å². The van der Waals surface area contributed by atoms with Gasteiger partial charge in [0, 0.05) is 25.9 Å². The van der Waals surface area contributed by atoms with E-state index in [9.17, 15) is 36.3 Å². The van der Waals surface area contributed by atoms with Crippen molar-refractivity contribution >= 4 is 23.4 Å². The quantitative estimate of drug-likeness (QED) is 0.347. The highest BCUT2D eigenvalue weighted by Gasteiger charge is 2.60. The van der Waals surface area contributed by atoms with Crippen molar-refractivity contribution in [3.63, 3.8) is 0 Å². The second-order valence-electron chi connectivity index (χ2n) is 13.7. The second-order valence-corrected chi connectivity index (χ2v) is 13.7. The van der Waals surface area contributed by atoms with Gasteiger partial charge in [0.15, 0.2) is 11.3 Å². The van der Waals surface area contributed by atoms with Gasteiger partial charge in [-0.05, 0) is 74.6 Å². The molecule has 2 aliphatic carbocycles. The smallest absolute Gasteiger partial charge is 0.344 e. The number of amides is 3. The van der Waals surface area contributed by atoms with Crippen molar-refractivity contribution in [2.24, 2.45) is 16.7 Å². The number of halogens is 5. The van der Waals surface area contributed by atoms with Gasteiger partial charge in [-0.2, -0.15) is 18.3 Å². The molecule has 3 aromatic heterocycles. The van der Waals surface area contributed by atoms with E-state index in [0.29, 0.717) is 24.2 Å². The molecule has 0 aromatic carbocycles. The number of carbonyl (C=O) groups is 3. The van der Waals surface area contributed by atoms with Crippen molar-refractivity contribution in [3.05, 3.63) is 41.1 Å². The number of nitrogens with zero attached hydrogens (tertiary/aromatic N) is 6. The molecule has 0 unspecified atom stereocenters. The fourth-order valence-electron chi connectivity index (χ4n) is 7.46. The molecule has 3 amide bonds. The molecule has 47 heavy (non-hydrogen) atoms. The fourth-order valence-corrected chi connectivity index (χ4v) is 7.46. The molecule has 2 N–H and O–H groups in total. The summed E-state index contributed by atoms with van der Waals surface area (Å²) in [6, 6.07) is -1.25. The normalized spacial score (nSPS) is 26.3. The summed E-state index contributed by atoms with van der Waals surface area (Å²) in [6.07, 6.45) is -0.676. The van der Waals surface area contributed by atoms with E-state index >= 15 is 0 Å². The molecule has 3 aromatic rings. The van der Waals surface area contributed by atoms with Crippen LogP contribution < -0.4 is 10.6 Å². The largest absolute Gasteiger partial charge is 0.408 e. The molecule has 252 valence electrons. The van der Waals surface area contributed by atoms with Gasteiger partial charge in [0.25, 0.3) is 5.91 Å². The van der Waals surface area contributed by atoms with Gasteiger partial charge < -0.3 is 15.5 Å². The summed E-state index contributed by atoms with van der Waals surface area (Å²) in [5, 5.41) is 16.6. The number of hydrogen-bond donors (Lipinski definition) is 2. The lowest BCUT2D eigenvalue weighted by molar-refractivity contribution is -0.155. The predicted molar refractivity (Wildman–Crippen MR) is 151 cm³/mol. The van der Waals surface area contributed by atoms with Crippen LogP contribution in [-0.4, -0.2) is 78.8 Å². The Kier molecular flexibility index (Phi) is 7.31. The summed E-state index contributed by atoms with van der Waals surface area (Å²) in [5.41, 5.74) is -0.723. The Morgan fingerprint density at radius 3 is 2.51 bits per heavy atom. The van der Waals surface area contributed by atoms with Crippen LogP contribution in [0.1, 0.15) is 84.8 Å². The summed E-state index contributed by atoms with van der Waals surface area (Å²) >= 11 is 0. The standard InChI is InChI=1S/C30H33F5N8O4/c1-16-22(41-47-40-16)24(44)39-23(18-2-4-29(31,32)5-3-18)19-14-43-21(37-19)10-17(13-36-43)11-28(12-20(30(33,34)35)38-25(28)45)15-42-9-8-27(6-7-27)26(42)46/h10,13-14,18,20,23H,2-9,11-12,15H2,1H3,(H,38,45)(H,39,44)/t20-,23-,28-/m0/s1. The number of likely N-dealkylation sites (tertiary alicyclic amines) is 1. The Hall–Kier alpha value is -4.18. The number of aryl methyl sites for hydroxylation is 1. The predicted octanol–water partition coefficient (Wildman–Crippen LogP) is 3.71. The lowest BCUT2D eigenvalue weighted by Crippen LogP contribution is -2.45. The maximum absolute atomic E-state index is 14.0. The molecular formula is C30H33F5N8O4. The molecule has 1 spiro atoms. The molecule has 7 rings (SSSR count). The summed E-state index contributed by atoms with van der Waals surface area (Å²) in [7, 11) is 0. The summed E-state index contributed by atoms with van der Waals surface area (Å²) in [4.78, 5) is 45.7. The molecular weight excluding hydrogens is 631 g/mol. The molecule has 0 radical (unpaired) electrons. The van der Waals surface area contributed by atoms with E-state index in [-0.39, 0.29) is 67.5 Å². The van der Waals surface area contributed by atoms with Crippen LogP contribution in [0.25, 0.3) is 5.65 Å². The monoisotopic (exact) mass is 664 g/mol. The highest BCUT2D eigenvalue weighted by molar-refractivity contribution is 5.93. The Labute approximate surface area is 264 Å². The summed E-state index contributed by atoms with van der Waals surface area (Å²) < 4.78 is 75.6. The zero-order valence-corrected chi connectivity index (χ0v) is 25.4. The van der Waals surface area contributed by atoms with Crippen LogP contribution in [0.4, 0.5) is 22.0 Å². The number of carbonyl (C=O) groups excluding carboxylic acids is 3. The molecule has 2 aliphatic heterocycles. The van der Waals surface area contributed by atoms with E-state index in [1.54, 1.807) is 12.3 Å². The van der Waals surface area contributed by atoms with Crippen molar-refractivity contribution in [1.82, 2.24) is 40.4 Å². The number of imidazole rings is 1. The molecule has 0 bridgehead atoms. The highest BCUT2D eigenvalue weighted by atomic mass is 19.4. The maximum atomic E-state index is 14.0. The zero-order valence-electron chi connectivity index (χ0n) is 25.4. The molecule has 5 heterocycles. The maximum Gasteiger partial charge on any atom is 0.408 e. The van der Waals surface area contributed by atoms with E-state index in [1.807, 2.05) is 0 Å². The Bertz CT molecular complexity index is 1730. The average molecular weight is 665 g/mol. The van der Waals surface area contributed by atoms with Crippen molar-refractivity contribution in [1.29, 1.82) is 0 Å². The third-order valence-electron chi connectivity index (χ3n) is 10.4. The van der Waals surface area contributed by atoms with Gasteiger partial charge in [-0.3, -0.25) is 14.4 Å². The molecule has 12 nitrogen and oxygen atoms in total. The minimum absolute atomic E-state index is 0.0540. The van der Waals surface area contributed by atoms with Crippen molar-refractivity contribution < 1.29 is 41.0 Å². The lowest BCUT2D eigenvalue weighted by atomic mass is 9.78. The fraction of sp³-hybridized carbons (Fsp3) is 0.633. The number of fused-ring (bicyclic) bond motifs is 1. The van der Waals surface area contributed by atoms with Crippen molar-refractivity contribution in [3.8, 4) is 0 Å². The van der Waals surface area contributed by atoms with Gasteiger partial charge in [-0.1, -0.05) is 5.16 Å². The van der Waals surface area contributed by atoms with Crippen LogP contribution in [0.5, 0.6) is 0 Å². The number of aromatic nitrogens is 5. The molecule has 2 saturated carbocycles. The van der Waals surface area contributed by atoms with E-state index in [0.717, 1.165) is 12.8 Å². The van der Waals surface area contributed by atoms with E-state index in [4.69, 9.17) is 0 Å². The molecule has 2 saturated heterocycles. The topological polar surface area (TPSA) is 148 Å². The van der Waals surface area contributed by atoms with Crippen LogP contribution in [-0.2, 0) is 16.0 Å². The Morgan fingerprint density at radius 2 is 1.89 bits per heavy atom. The number of alkyl halides is 5. The molecule has 3 atom stereocenters. The SMILES string of the molecule is Cc1nonc1C(=O)N[C@H](c1cn2ncc(C[C@@]3(CN4CCC5(CC5)C4=O)C[C@@H](C(F)(F)F)NC3=O)cc2n1)C1CCC(F)(F)CC1. The molecule has 4 fully saturated rings. The van der Waals surface area contributed by atoms with E-state index < -0.39 is 53.2 Å². The van der Waals surface area contributed by atoms with Crippen LogP contribution in [0.2, 0.25) is 0 Å². The first-order valence-corrected chi connectivity index (χ1v) is 15.7. The summed E-state index contributed by atoms with van der Waals surface area (Å²) in [5.74, 6) is -4.70. The zero-order chi connectivity index (χ0) is 33.4.